The van der Waals surface area contributed by atoms with Crippen molar-refractivity contribution in [3.8, 4) is 0 Å². The Bertz CT molecular complexity index is 962. The van der Waals surface area contributed by atoms with Gasteiger partial charge in [-0.25, -0.2) is 0 Å². The predicted octanol–water partition coefficient (Wildman–Crippen LogP) is 6.16. The molecule has 1 N–H and O–H groups in total. The van der Waals surface area contributed by atoms with Gasteiger partial charge in [0.15, 0.2) is 0 Å². The van der Waals surface area contributed by atoms with Crippen LogP contribution in [-0.2, 0) is 13.1 Å². The maximum Gasteiger partial charge on any atom is 0.0987 e. The van der Waals surface area contributed by atoms with Gasteiger partial charge in [-0.05, 0) is 22.3 Å². The normalized spacial score (nSPS) is 13.1. The van der Waals surface area contributed by atoms with Gasteiger partial charge >= 0.3 is 0 Å². The molecule has 0 aliphatic carbocycles. The lowest BCUT2D eigenvalue weighted by Crippen LogP contribution is -2.32. The minimum absolute atomic E-state index is 0.172. The molecular formula is C28H27NO. The van der Waals surface area contributed by atoms with Crippen LogP contribution >= 0.6 is 0 Å². The summed E-state index contributed by atoms with van der Waals surface area (Å²) in [7, 11) is 0. The van der Waals surface area contributed by atoms with Crippen molar-refractivity contribution in [3.63, 3.8) is 0 Å². The summed E-state index contributed by atoms with van der Waals surface area (Å²) in [6.45, 7) is 1.50. The molecule has 0 amide bonds. The summed E-state index contributed by atoms with van der Waals surface area (Å²) in [4.78, 5) is 2.37. The largest absolute Gasteiger partial charge is 0.386 e. The number of rotatable bonds is 8. The Morgan fingerprint density at radius 1 is 0.500 bits per heavy atom. The third-order valence-electron chi connectivity index (χ3n) is 5.43. The van der Waals surface area contributed by atoms with E-state index in [4.69, 9.17) is 0 Å². The number of hydrogen-bond acceptors (Lipinski definition) is 2. The minimum Gasteiger partial charge on any atom is -0.386 e. The van der Waals surface area contributed by atoms with Crippen LogP contribution in [0, 0.1) is 0 Å². The zero-order valence-electron chi connectivity index (χ0n) is 17.0. The van der Waals surface area contributed by atoms with E-state index in [2.05, 4.69) is 65.6 Å². The zero-order valence-corrected chi connectivity index (χ0v) is 17.0. The second kappa shape index (κ2) is 10.0. The summed E-state index contributed by atoms with van der Waals surface area (Å²) in [6.07, 6.45) is -0.638. The van der Waals surface area contributed by atoms with Crippen LogP contribution < -0.4 is 0 Å². The molecule has 0 fully saturated rings. The third-order valence-corrected chi connectivity index (χ3v) is 5.43. The van der Waals surface area contributed by atoms with E-state index < -0.39 is 6.10 Å². The summed E-state index contributed by atoms with van der Waals surface area (Å²) >= 11 is 0. The average molecular weight is 394 g/mol. The van der Waals surface area contributed by atoms with Gasteiger partial charge in [0.05, 0.1) is 12.1 Å². The van der Waals surface area contributed by atoms with Gasteiger partial charge in [-0.2, -0.15) is 0 Å². The first-order valence-electron chi connectivity index (χ1n) is 10.4. The number of aliphatic hydroxyl groups excluding tert-OH is 1. The highest BCUT2D eigenvalue weighted by molar-refractivity contribution is 5.28. The van der Waals surface area contributed by atoms with Crippen molar-refractivity contribution in [2.75, 3.05) is 0 Å². The van der Waals surface area contributed by atoms with E-state index in [1.54, 1.807) is 0 Å². The van der Waals surface area contributed by atoms with Crippen molar-refractivity contribution >= 4 is 0 Å². The van der Waals surface area contributed by atoms with E-state index in [1.165, 1.54) is 11.1 Å². The quantitative estimate of drug-likeness (QED) is 0.387. The van der Waals surface area contributed by atoms with E-state index in [0.717, 1.165) is 24.2 Å². The van der Waals surface area contributed by atoms with Gasteiger partial charge in [0.25, 0.3) is 0 Å². The molecule has 2 atom stereocenters. The highest BCUT2D eigenvalue weighted by Crippen LogP contribution is 2.36. The van der Waals surface area contributed by atoms with Crippen LogP contribution in [0.15, 0.2) is 121 Å². The molecule has 0 spiro atoms. The number of benzene rings is 4. The second-order valence-electron chi connectivity index (χ2n) is 7.59. The summed E-state index contributed by atoms with van der Waals surface area (Å²) in [5.74, 6) is 0. The van der Waals surface area contributed by atoms with E-state index in [0.29, 0.717) is 0 Å². The zero-order chi connectivity index (χ0) is 20.6. The highest BCUT2D eigenvalue weighted by atomic mass is 16.3. The van der Waals surface area contributed by atoms with Crippen molar-refractivity contribution in [2.24, 2.45) is 0 Å². The molecule has 4 aromatic rings. The molecule has 4 aromatic carbocycles. The number of aliphatic hydroxyl groups is 1. The molecule has 150 valence electrons. The Kier molecular flexibility index (Phi) is 6.71. The molecule has 30 heavy (non-hydrogen) atoms. The molecule has 0 unspecified atom stereocenters. The minimum atomic E-state index is -0.638. The Morgan fingerprint density at radius 2 is 0.867 bits per heavy atom. The maximum atomic E-state index is 11.5. The van der Waals surface area contributed by atoms with Gasteiger partial charge in [0.1, 0.15) is 0 Å². The Balaban J connectivity index is 1.75. The SMILES string of the molecule is O[C@H](c1ccccc1)[C@H](c1ccccc1)N(Cc1ccccc1)Cc1ccccc1. The summed E-state index contributed by atoms with van der Waals surface area (Å²) in [5.41, 5.74) is 4.50. The van der Waals surface area contributed by atoms with E-state index in [9.17, 15) is 5.11 Å². The van der Waals surface area contributed by atoms with Gasteiger partial charge in [-0.1, -0.05) is 121 Å². The van der Waals surface area contributed by atoms with Crippen LogP contribution in [0.2, 0.25) is 0 Å². The third kappa shape index (κ3) is 5.04. The van der Waals surface area contributed by atoms with E-state index in [-0.39, 0.29) is 6.04 Å². The van der Waals surface area contributed by atoms with Crippen LogP contribution in [0.3, 0.4) is 0 Å². The van der Waals surface area contributed by atoms with Gasteiger partial charge in [0.2, 0.25) is 0 Å². The number of hydrogen-bond donors (Lipinski definition) is 1. The Hall–Kier alpha value is -3.20. The fourth-order valence-electron chi connectivity index (χ4n) is 3.96. The molecule has 0 aliphatic heterocycles. The molecule has 0 bridgehead atoms. The number of nitrogens with zero attached hydrogens (tertiary/aromatic N) is 1. The van der Waals surface area contributed by atoms with Crippen molar-refractivity contribution in [1.82, 2.24) is 4.90 Å². The molecule has 0 saturated carbocycles. The predicted molar refractivity (Wildman–Crippen MR) is 123 cm³/mol. The monoisotopic (exact) mass is 393 g/mol. The molecule has 0 heterocycles. The van der Waals surface area contributed by atoms with Crippen LogP contribution in [0.1, 0.15) is 34.4 Å². The lowest BCUT2D eigenvalue weighted by Gasteiger charge is -2.36. The van der Waals surface area contributed by atoms with Crippen molar-refractivity contribution in [3.05, 3.63) is 144 Å². The summed E-state index contributed by atoms with van der Waals surface area (Å²) in [6, 6.07) is 41.1. The van der Waals surface area contributed by atoms with E-state index in [1.807, 2.05) is 60.7 Å². The maximum absolute atomic E-state index is 11.5. The molecular weight excluding hydrogens is 366 g/mol. The fourth-order valence-corrected chi connectivity index (χ4v) is 3.96. The summed E-state index contributed by atoms with van der Waals surface area (Å²) in [5, 5.41) is 11.5. The topological polar surface area (TPSA) is 23.5 Å². The first-order chi connectivity index (χ1) is 14.8. The van der Waals surface area contributed by atoms with Crippen molar-refractivity contribution in [1.29, 1.82) is 0 Å². The van der Waals surface area contributed by atoms with Crippen LogP contribution in [0.5, 0.6) is 0 Å². The molecule has 4 rings (SSSR count). The lowest BCUT2D eigenvalue weighted by molar-refractivity contribution is 0.0372. The second-order valence-corrected chi connectivity index (χ2v) is 7.59. The average Bonchev–Trinajstić information content (AvgIpc) is 2.82. The van der Waals surface area contributed by atoms with Gasteiger partial charge in [-0.3, -0.25) is 4.90 Å². The highest BCUT2D eigenvalue weighted by Gasteiger charge is 2.29. The van der Waals surface area contributed by atoms with Crippen LogP contribution in [-0.4, -0.2) is 10.0 Å². The molecule has 0 aromatic heterocycles. The molecule has 0 radical (unpaired) electrons. The van der Waals surface area contributed by atoms with Gasteiger partial charge < -0.3 is 5.11 Å². The van der Waals surface area contributed by atoms with Crippen LogP contribution in [0.25, 0.3) is 0 Å². The Labute approximate surface area is 179 Å². The smallest absolute Gasteiger partial charge is 0.0987 e. The van der Waals surface area contributed by atoms with Crippen LogP contribution in [0.4, 0.5) is 0 Å². The standard InChI is InChI=1S/C28H27NO/c30-28(26-19-11-4-12-20-26)27(25-17-9-3-10-18-25)29(21-23-13-5-1-6-14-23)22-24-15-7-2-8-16-24/h1-20,27-28,30H,21-22H2/t27-,28+/m0/s1. The first kappa shape index (κ1) is 20.1. The van der Waals surface area contributed by atoms with Gasteiger partial charge in [0, 0.05) is 13.1 Å². The molecule has 2 heteroatoms. The van der Waals surface area contributed by atoms with Crippen molar-refractivity contribution in [2.45, 2.75) is 25.2 Å². The van der Waals surface area contributed by atoms with Crippen molar-refractivity contribution < 1.29 is 5.11 Å². The fraction of sp³-hybridized carbons (Fsp3) is 0.143. The molecule has 0 saturated heterocycles. The molecule has 2 nitrogen and oxygen atoms in total. The van der Waals surface area contributed by atoms with E-state index >= 15 is 0 Å². The Morgan fingerprint density at radius 3 is 1.30 bits per heavy atom. The summed E-state index contributed by atoms with van der Waals surface area (Å²) < 4.78 is 0. The van der Waals surface area contributed by atoms with Gasteiger partial charge in [-0.15, -0.1) is 0 Å². The lowest BCUT2D eigenvalue weighted by atomic mass is 9.93. The first-order valence-corrected chi connectivity index (χ1v) is 10.4. The molecule has 0 aliphatic rings.